The van der Waals surface area contributed by atoms with Crippen LogP contribution in [0.3, 0.4) is 0 Å². The number of likely N-dealkylation sites (tertiary alicyclic amines) is 1. The predicted octanol–water partition coefficient (Wildman–Crippen LogP) is 1.56. The third kappa shape index (κ3) is 3.96. The lowest BCUT2D eigenvalue weighted by Gasteiger charge is -2.38. The number of nitrogens with zero attached hydrogens (tertiary/aromatic N) is 1. The number of carbonyl (C=O) groups excluding carboxylic acids is 2. The molecule has 0 aromatic heterocycles. The molecule has 1 saturated heterocycles. The molecular formula is C16H19BrN2O3. The van der Waals surface area contributed by atoms with E-state index < -0.39 is 5.60 Å². The lowest BCUT2D eigenvalue weighted by Crippen LogP contribution is -2.48. The van der Waals surface area contributed by atoms with Crippen molar-refractivity contribution < 1.29 is 14.7 Å². The van der Waals surface area contributed by atoms with E-state index in [1.54, 1.807) is 4.90 Å². The normalized spacial score (nSPS) is 16.9. The van der Waals surface area contributed by atoms with Gasteiger partial charge in [-0.05, 0) is 36.6 Å². The van der Waals surface area contributed by atoms with E-state index in [0.29, 0.717) is 25.9 Å². The summed E-state index contributed by atoms with van der Waals surface area (Å²) in [5.41, 5.74) is -0.0563. The van der Waals surface area contributed by atoms with Gasteiger partial charge in [-0.15, -0.1) is 0 Å². The van der Waals surface area contributed by atoms with Crippen molar-refractivity contribution in [1.29, 1.82) is 0 Å². The first-order chi connectivity index (χ1) is 10.4. The number of hydrogen-bond acceptors (Lipinski definition) is 3. The molecule has 6 heteroatoms. The molecule has 0 atom stereocenters. The highest BCUT2D eigenvalue weighted by Crippen LogP contribution is 2.33. The molecule has 1 aromatic carbocycles. The fraction of sp³-hybridized carbons (Fsp3) is 0.375. The van der Waals surface area contributed by atoms with Crippen LogP contribution in [0.2, 0.25) is 0 Å². The Kier molecular flexibility index (Phi) is 5.37. The number of amides is 2. The molecule has 0 bridgehead atoms. The van der Waals surface area contributed by atoms with Crippen LogP contribution in [0.15, 0.2) is 41.4 Å². The van der Waals surface area contributed by atoms with E-state index in [1.165, 1.54) is 0 Å². The maximum Gasteiger partial charge on any atom is 0.243 e. The van der Waals surface area contributed by atoms with Crippen molar-refractivity contribution in [2.45, 2.75) is 18.4 Å². The summed E-state index contributed by atoms with van der Waals surface area (Å²) in [6, 6.07) is 7.60. The van der Waals surface area contributed by atoms with E-state index in [9.17, 15) is 14.7 Å². The van der Waals surface area contributed by atoms with E-state index in [1.807, 2.05) is 24.3 Å². The number of carbonyl (C=O) groups is 2. The minimum Gasteiger partial charge on any atom is -0.385 e. The van der Waals surface area contributed by atoms with Gasteiger partial charge in [-0.1, -0.05) is 34.6 Å². The van der Waals surface area contributed by atoms with Gasteiger partial charge in [0, 0.05) is 17.6 Å². The number of piperidine rings is 1. The summed E-state index contributed by atoms with van der Waals surface area (Å²) >= 11 is 3.40. The van der Waals surface area contributed by atoms with Crippen molar-refractivity contribution in [1.82, 2.24) is 10.2 Å². The largest absolute Gasteiger partial charge is 0.385 e. The highest BCUT2D eigenvalue weighted by Gasteiger charge is 2.35. The van der Waals surface area contributed by atoms with Crippen LogP contribution in [0, 0.1) is 0 Å². The van der Waals surface area contributed by atoms with Gasteiger partial charge in [0.2, 0.25) is 11.8 Å². The van der Waals surface area contributed by atoms with Crippen LogP contribution >= 0.6 is 15.9 Å². The fourth-order valence-corrected chi connectivity index (χ4v) is 2.94. The second-order valence-corrected chi connectivity index (χ2v) is 6.26. The van der Waals surface area contributed by atoms with Gasteiger partial charge < -0.3 is 15.3 Å². The average Bonchev–Trinajstić information content (AvgIpc) is 2.53. The molecule has 1 aliphatic heterocycles. The Morgan fingerprint density at radius 1 is 1.41 bits per heavy atom. The number of aliphatic hydroxyl groups is 1. The molecule has 0 spiro atoms. The van der Waals surface area contributed by atoms with E-state index in [4.69, 9.17) is 0 Å². The Balaban J connectivity index is 1.93. The third-order valence-electron chi connectivity index (χ3n) is 3.90. The molecule has 2 amide bonds. The van der Waals surface area contributed by atoms with Gasteiger partial charge in [0.15, 0.2) is 0 Å². The molecule has 2 N–H and O–H groups in total. The minimum absolute atomic E-state index is 0.0415. The fourth-order valence-electron chi connectivity index (χ4n) is 2.54. The van der Waals surface area contributed by atoms with Gasteiger partial charge in [-0.2, -0.15) is 0 Å². The summed E-state index contributed by atoms with van der Waals surface area (Å²) < 4.78 is 0.920. The second-order valence-electron chi connectivity index (χ2n) is 5.34. The molecule has 1 aromatic rings. The van der Waals surface area contributed by atoms with Crippen molar-refractivity contribution in [3.05, 3.63) is 47.0 Å². The molecule has 1 aliphatic rings. The lowest BCUT2D eigenvalue weighted by molar-refractivity contribution is -0.136. The van der Waals surface area contributed by atoms with Crippen molar-refractivity contribution in [2.24, 2.45) is 0 Å². The Morgan fingerprint density at radius 2 is 2.09 bits per heavy atom. The smallest absolute Gasteiger partial charge is 0.243 e. The van der Waals surface area contributed by atoms with Crippen LogP contribution < -0.4 is 5.32 Å². The highest BCUT2D eigenvalue weighted by molar-refractivity contribution is 9.10. The quantitative estimate of drug-likeness (QED) is 0.794. The summed E-state index contributed by atoms with van der Waals surface area (Å²) in [7, 11) is 0. The summed E-state index contributed by atoms with van der Waals surface area (Å²) in [4.78, 5) is 24.7. The molecule has 118 valence electrons. The SMILES string of the molecule is C=CC(=O)NCC(=O)N1CCC(O)(c2cccc(Br)c2)CC1. The second kappa shape index (κ2) is 7.07. The lowest BCUT2D eigenvalue weighted by atomic mass is 9.84. The Hall–Kier alpha value is -1.66. The predicted molar refractivity (Wildman–Crippen MR) is 87.1 cm³/mol. The molecule has 0 unspecified atom stereocenters. The van der Waals surface area contributed by atoms with E-state index in [0.717, 1.165) is 16.1 Å². The maximum atomic E-state index is 12.0. The highest BCUT2D eigenvalue weighted by atomic mass is 79.9. The summed E-state index contributed by atoms with van der Waals surface area (Å²) in [5.74, 6) is -0.512. The molecule has 1 heterocycles. The number of nitrogens with one attached hydrogen (secondary N) is 1. The standard InChI is InChI=1S/C16H19BrN2O3/c1-2-14(20)18-11-15(21)19-8-6-16(22,7-9-19)12-4-3-5-13(17)10-12/h2-5,10,22H,1,6-9,11H2,(H,18,20). The number of halogens is 1. The number of hydrogen-bond donors (Lipinski definition) is 2. The first-order valence-corrected chi connectivity index (χ1v) is 7.90. The van der Waals surface area contributed by atoms with Crippen LogP contribution in [-0.4, -0.2) is 41.5 Å². The Bertz CT molecular complexity index is 581. The zero-order valence-electron chi connectivity index (χ0n) is 12.2. The van der Waals surface area contributed by atoms with Gasteiger partial charge in [0.1, 0.15) is 0 Å². The van der Waals surface area contributed by atoms with Crippen LogP contribution in [0.4, 0.5) is 0 Å². The maximum absolute atomic E-state index is 12.0. The van der Waals surface area contributed by atoms with Gasteiger partial charge in [0.05, 0.1) is 12.1 Å². The molecule has 2 rings (SSSR count). The van der Waals surface area contributed by atoms with Crippen LogP contribution in [0.5, 0.6) is 0 Å². The summed E-state index contributed by atoms with van der Waals surface area (Å²) in [6.45, 7) is 4.22. The van der Waals surface area contributed by atoms with Crippen molar-refractivity contribution in [2.75, 3.05) is 19.6 Å². The van der Waals surface area contributed by atoms with Gasteiger partial charge >= 0.3 is 0 Å². The number of benzene rings is 1. The van der Waals surface area contributed by atoms with Crippen LogP contribution in [-0.2, 0) is 15.2 Å². The van der Waals surface area contributed by atoms with Crippen LogP contribution in [0.25, 0.3) is 0 Å². The zero-order valence-corrected chi connectivity index (χ0v) is 13.8. The first kappa shape index (κ1) is 16.7. The molecule has 0 saturated carbocycles. The average molecular weight is 367 g/mol. The van der Waals surface area contributed by atoms with Crippen molar-refractivity contribution >= 4 is 27.7 Å². The van der Waals surface area contributed by atoms with Crippen LogP contribution in [0.1, 0.15) is 18.4 Å². The number of rotatable bonds is 4. The van der Waals surface area contributed by atoms with Crippen molar-refractivity contribution in [3.8, 4) is 0 Å². The molecule has 1 fully saturated rings. The Morgan fingerprint density at radius 3 is 2.68 bits per heavy atom. The van der Waals surface area contributed by atoms with Gasteiger partial charge in [-0.3, -0.25) is 9.59 Å². The monoisotopic (exact) mass is 366 g/mol. The topological polar surface area (TPSA) is 69.6 Å². The van der Waals surface area contributed by atoms with E-state index in [-0.39, 0.29) is 18.4 Å². The Labute approximate surface area is 138 Å². The summed E-state index contributed by atoms with van der Waals surface area (Å²) in [6.07, 6.45) is 2.09. The molecule has 22 heavy (non-hydrogen) atoms. The van der Waals surface area contributed by atoms with E-state index >= 15 is 0 Å². The molecule has 0 aliphatic carbocycles. The molecular weight excluding hydrogens is 348 g/mol. The molecule has 0 radical (unpaired) electrons. The third-order valence-corrected chi connectivity index (χ3v) is 4.40. The minimum atomic E-state index is -0.912. The molecule has 5 nitrogen and oxygen atoms in total. The zero-order chi connectivity index (χ0) is 16.2. The van der Waals surface area contributed by atoms with E-state index in [2.05, 4.69) is 27.8 Å². The van der Waals surface area contributed by atoms with Gasteiger partial charge in [0.25, 0.3) is 0 Å². The van der Waals surface area contributed by atoms with Crippen molar-refractivity contribution in [3.63, 3.8) is 0 Å². The van der Waals surface area contributed by atoms with Gasteiger partial charge in [-0.25, -0.2) is 0 Å². The first-order valence-electron chi connectivity index (χ1n) is 7.11. The summed E-state index contributed by atoms with van der Waals surface area (Å²) in [5, 5.41) is 13.3.